The van der Waals surface area contributed by atoms with E-state index in [1.165, 1.54) is 0 Å². The molecule has 0 aliphatic heterocycles. The summed E-state index contributed by atoms with van der Waals surface area (Å²) in [7, 11) is 4.00. The highest BCUT2D eigenvalue weighted by atomic mass is 16.5. The number of aryl methyl sites for hydroxylation is 1. The van der Waals surface area contributed by atoms with E-state index in [9.17, 15) is 4.79 Å². The maximum atomic E-state index is 13.2. The predicted octanol–water partition coefficient (Wildman–Crippen LogP) is 5.23. The number of benzene rings is 2. The fraction of sp³-hybridized carbons (Fsp3) is 0.259. The topological polar surface area (TPSA) is 67.6 Å². The molecule has 6 nitrogen and oxygen atoms in total. The summed E-state index contributed by atoms with van der Waals surface area (Å²) in [5, 5.41) is 4.16. The second-order valence-corrected chi connectivity index (χ2v) is 8.41. The van der Waals surface area contributed by atoms with E-state index in [0.29, 0.717) is 23.7 Å². The van der Waals surface area contributed by atoms with Gasteiger partial charge in [0.25, 0.3) is 5.91 Å². The molecule has 1 atom stereocenters. The van der Waals surface area contributed by atoms with Crippen LogP contribution in [-0.2, 0) is 0 Å². The van der Waals surface area contributed by atoms with Gasteiger partial charge in [0.15, 0.2) is 5.76 Å². The third kappa shape index (κ3) is 5.23. The number of nitrogens with one attached hydrogen (secondary N) is 1. The van der Waals surface area contributed by atoms with Crippen molar-refractivity contribution in [2.75, 3.05) is 27.2 Å². The van der Waals surface area contributed by atoms with E-state index >= 15 is 0 Å². The molecule has 0 fully saturated rings. The Bertz CT molecular complexity index is 1250. The van der Waals surface area contributed by atoms with Crippen LogP contribution in [0, 0.1) is 6.92 Å². The summed E-state index contributed by atoms with van der Waals surface area (Å²) in [6, 6.07) is 19.0. The number of amides is 1. The van der Waals surface area contributed by atoms with E-state index in [-0.39, 0.29) is 11.9 Å². The van der Waals surface area contributed by atoms with Gasteiger partial charge < -0.3 is 19.4 Å². The number of carbonyl (C=O) groups excluding carboxylic acids is 1. The van der Waals surface area contributed by atoms with E-state index in [1.807, 2.05) is 88.6 Å². The van der Waals surface area contributed by atoms with Gasteiger partial charge >= 0.3 is 0 Å². The number of fused-ring (bicyclic) bond motifs is 1. The molecule has 2 aromatic heterocycles. The van der Waals surface area contributed by atoms with Gasteiger partial charge in [-0.2, -0.15) is 0 Å². The number of pyridine rings is 1. The number of hydrogen-bond acceptors (Lipinski definition) is 5. The van der Waals surface area contributed by atoms with Crippen LogP contribution in [0.2, 0.25) is 0 Å². The first-order valence-corrected chi connectivity index (χ1v) is 11.0. The van der Waals surface area contributed by atoms with Gasteiger partial charge in [-0.15, -0.1) is 0 Å². The van der Waals surface area contributed by atoms with Crippen molar-refractivity contribution < 1.29 is 13.9 Å². The first kappa shape index (κ1) is 22.6. The van der Waals surface area contributed by atoms with E-state index in [1.54, 1.807) is 6.26 Å². The molecule has 0 aliphatic rings. The lowest BCUT2D eigenvalue weighted by atomic mass is 10.00. The average molecular weight is 444 g/mol. The molecule has 170 valence electrons. The van der Waals surface area contributed by atoms with Gasteiger partial charge in [0.2, 0.25) is 0 Å². The lowest BCUT2D eigenvalue weighted by Crippen LogP contribution is -2.27. The Hall–Kier alpha value is -3.64. The average Bonchev–Trinajstić information content (AvgIpc) is 3.34. The summed E-state index contributed by atoms with van der Waals surface area (Å²) in [6.07, 6.45) is 1.63. The second-order valence-electron chi connectivity index (χ2n) is 8.41. The molecule has 4 aromatic rings. The smallest absolute Gasteiger partial charge is 0.252 e. The van der Waals surface area contributed by atoms with Crippen molar-refractivity contribution in [1.82, 2.24) is 15.2 Å². The van der Waals surface area contributed by atoms with Crippen molar-refractivity contribution in [2.24, 2.45) is 0 Å². The highest BCUT2D eigenvalue weighted by Gasteiger charge is 2.18. The van der Waals surface area contributed by atoms with Crippen LogP contribution >= 0.6 is 0 Å². The molecule has 0 saturated heterocycles. The Kier molecular flexibility index (Phi) is 6.75. The van der Waals surface area contributed by atoms with Crippen LogP contribution in [-0.4, -0.2) is 43.0 Å². The number of ether oxygens (including phenoxy) is 1. The second kappa shape index (κ2) is 9.88. The summed E-state index contributed by atoms with van der Waals surface area (Å²) in [5.41, 5.74) is 4.08. The van der Waals surface area contributed by atoms with E-state index in [0.717, 1.165) is 34.3 Å². The Morgan fingerprint density at radius 3 is 2.70 bits per heavy atom. The number of carbonyl (C=O) groups is 1. The minimum Gasteiger partial charge on any atom is -0.492 e. The van der Waals surface area contributed by atoms with Gasteiger partial charge in [0.1, 0.15) is 18.1 Å². The Labute approximate surface area is 194 Å². The summed E-state index contributed by atoms with van der Waals surface area (Å²) in [4.78, 5) is 20.0. The summed E-state index contributed by atoms with van der Waals surface area (Å²) in [5.74, 6) is 1.24. The monoisotopic (exact) mass is 443 g/mol. The number of likely N-dealkylation sites (N-methyl/N-ethyl adjacent to an activating group) is 1. The molecule has 0 unspecified atom stereocenters. The van der Waals surface area contributed by atoms with Gasteiger partial charge in [-0.3, -0.25) is 4.79 Å². The molecule has 33 heavy (non-hydrogen) atoms. The number of rotatable bonds is 8. The Morgan fingerprint density at radius 2 is 1.94 bits per heavy atom. The van der Waals surface area contributed by atoms with Crippen molar-refractivity contribution in [2.45, 2.75) is 19.9 Å². The molecule has 2 heterocycles. The van der Waals surface area contributed by atoms with Gasteiger partial charge in [-0.1, -0.05) is 24.3 Å². The molecule has 1 amide bonds. The molecule has 0 saturated carbocycles. The molecular formula is C27H29N3O3. The van der Waals surface area contributed by atoms with Gasteiger partial charge in [0, 0.05) is 17.5 Å². The first-order valence-electron chi connectivity index (χ1n) is 11.0. The van der Waals surface area contributed by atoms with Crippen LogP contribution < -0.4 is 10.1 Å². The van der Waals surface area contributed by atoms with Crippen molar-refractivity contribution in [3.05, 3.63) is 83.6 Å². The number of hydrogen-bond donors (Lipinski definition) is 1. The molecule has 4 rings (SSSR count). The van der Waals surface area contributed by atoms with Crippen LogP contribution in [0.3, 0.4) is 0 Å². The minimum atomic E-state index is -0.239. The van der Waals surface area contributed by atoms with Crippen LogP contribution in [0.4, 0.5) is 0 Å². The van der Waals surface area contributed by atoms with Gasteiger partial charge in [0.05, 0.1) is 17.8 Å². The quantitative estimate of drug-likeness (QED) is 0.404. The van der Waals surface area contributed by atoms with Crippen molar-refractivity contribution in [3.63, 3.8) is 0 Å². The molecular weight excluding hydrogens is 414 g/mol. The maximum absolute atomic E-state index is 13.2. The van der Waals surface area contributed by atoms with Crippen LogP contribution in [0.15, 0.2) is 71.3 Å². The maximum Gasteiger partial charge on any atom is 0.252 e. The molecule has 0 spiro atoms. The molecule has 6 heteroatoms. The Morgan fingerprint density at radius 1 is 1.12 bits per heavy atom. The van der Waals surface area contributed by atoms with Crippen molar-refractivity contribution >= 4 is 16.8 Å². The zero-order valence-electron chi connectivity index (χ0n) is 19.5. The molecule has 1 N–H and O–H groups in total. The number of furan rings is 1. The zero-order chi connectivity index (χ0) is 23.4. The lowest BCUT2D eigenvalue weighted by molar-refractivity contribution is 0.0939. The largest absolute Gasteiger partial charge is 0.492 e. The predicted molar refractivity (Wildman–Crippen MR) is 131 cm³/mol. The Balaban J connectivity index is 1.60. The highest BCUT2D eigenvalue weighted by Crippen LogP contribution is 2.29. The summed E-state index contributed by atoms with van der Waals surface area (Å²) >= 11 is 0. The number of nitrogens with zero attached hydrogens (tertiary/aromatic N) is 2. The van der Waals surface area contributed by atoms with Crippen molar-refractivity contribution in [3.8, 4) is 17.2 Å². The SMILES string of the molecule is Cc1ccc(OCCN(C)C)cc1C(=O)N[C@@H](C)c1cc(-c2ccco2)nc2ccccc12. The molecule has 0 bridgehead atoms. The third-order valence-electron chi connectivity index (χ3n) is 5.60. The first-order chi connectivity index (χ1) is 15.9. The molecule has 0 radical (unpaired) electrons. The van der Waals surface area contributed by atoms with Crippen LogP contribution in [0.5, 0.6) is 5.75 Å². The normalized spacial score (nSPS) is 12.2. The fourth-order valence-electron chi connectivity index (χ4n) is 3.74. The number of para-hydroxylation sites is 1. The van der Waals surface area contributed by atoms with Gasteiger partial charge in [-0.25, -0.2) is 4.98 Å². The van der Waals surface area contributed by atoms with E-state index in [4.69, 9.17) is 14.1 Å². The van der Waals surface area contributed by atoms with Crippen molar-refractivity contribution in [1.29, 1.82) is 0 Å². The van der Waals surface area contributed by atoms with Crippen LogP contribution in [0.1, 0.15) is 34.5 Å². The summed E-state index contributed by atoms with van der Waals surface area (Å²) < 4.78 is 11.4. The lowest BCUT2D eigenvalue weighted by Gasteiger charge is -2.19. The third-order valence-corrected chi connectivity index (χ3v) is 5.60. The molecule has 0 aliphatic carbocycles. The standard InChI is InChI=1S/C27H29N3O3/c1-18-11-12-20(32-15-13-30(3)4)16-22(18)27(31)28-19(2)23-17-25(26-10-7-14-33-26)29-24-9-6-5-8-21(23)24/h5-12,14,16-17,19H,13,15H2,1-4H3,(H,28,31)/t19-/m0/s1. The number of aromatic nitrogens is 1. The molecule has 2 aromatic carbocycles. The van der Waals surface area contributed by atoms with Crippen LogP contribution in [0.25, 0.3) is 22.4 Å². The van der Waals surface area contributed by atoms with E-state index in [2.05, 4.69) is 10.2 Å². The van der Waals surface area contributed by atoms with Gasteiger partial charge in [-0.05, 0) is 75.5 Å². The summed E-state index contributed by atoms with van der Waals surface area (Å²) in [6.45, 7) is 5.28. The highest BCUT2D eigenvalue weighted by molar-refractivity contribution is 5.96. The van der Waals surface area contributed by atoms with E-state index < -0.39 is 0 Å². The fourth-order valence-corrected chi connectivity index (χ4v) is 3.74. The minimum absolute atomic E-state index is 0.140. The zero-order valence-corrected chi connectivity index (χ0v) is 19.5.